The molecule has 3 rings (SSSR count). The molecule has 2 aromatic rings. The molecule has 24 heavy (non-hydrogen) atoms. The number of halogens is 3. The molecule has 1 aliphatic rings. The van der Waals surface area contributed by atoms with E-state index in [1.165, 1.54) is 6.07 Å². The van der Waals surface area contributed by atoms with Crippen molar-refractivity contribution in [3.05, 3.63) is 70.2 Å². The first-order chi connectivity index (χ1) is 11.4. The van der Waals surface area contributed by atoms with Crippen LogP contribution in [0.3, 0.4) is 0 Å². The van der Waals surface area contributed by atoms with Crippen LogP contribution in [-0.4, -0.2) is 4.57 Å². The second-order valence-electron chi connectivity index (χ2n) is 6.18. The van der Waals surface area contributed by atoms with Gasteiger partial charge < -0.3 is 4.57 Å². The first kappa shape index (κ1) is 16.6. The Morgan fingerprint density at radius 1 is 1.17 bits per heavy atom. The number of nitrogens with zero attached hydrogens (tertiary/aromatic N) is 1. The van der Waals surface area contributed by atoms with Gasteiger partial charge in [0.2, 0.25) is 0 Å². The normalized spacial score (nSPS) is 17.9. The Morgan fingerprint density at radius 3 is 2.62 bits per heavy atom. The monoisotopic (exact) mass is 333 g/mol. The maximum Gasteiger partial charge on any atom is 0.416 e. The van der Waals surface area contributed by atoms with Crippen molar-refractivity contribution in [2.75, 3.05) is 0 Å². The summed E-state index contributed by atoms with van der Waals surface area (Å²) in [7, 11) is 1.79. The number of aryl methyl sites for hydroxylation is 1. The average Bonchev–Trinajstić information content (AvgIpc) is 2.57. The maximum atomic E-state index is 12.9. The van der Waals surface area contributed by atoms with Crippen molar-refractivity contribution in [1.82, 2.24) is 4.57 Å². The van der Waals surface area contributed by atoms with Gasteiger partial charge in [0.15, 0.2) is 5.43 Å². The topological polar surface area (TPSA) is 22.0 Å². The van der Waals surface area contributed by atoms with Crippen LogP contribution in [0.25, 0.3) is 11.1 Å². The largest absolute Gasteiger partial charge is 0.416 e. The lowest BCUT2D eigenvalue weighted by Crippen LogP contribution is -2.19. The summed E-state index contributed by atoms with van der Waals surface area (Å²) in [5.41, 5.74) is 0.381. The summed E-state index contributed by atoms with van der Waals surface area (Å²) in [6, 6.07) is 4.95. The van der Waals surface area contributed by atoms with Crippen LogP contribution in [0.5, 0.6) is 0 Å². The molecule has 126 valence electrons. The third-order valence-corrected chi connectivity index (χ3v) is 4.39. The van der Waals surface area contributed by atoms with Crippen molar-refractivity contribution in [1.29, 1.82) is 0 Å². The average molecular weight is 333 g/mol. The van der Waals surface area contributed by atoms with E-state index in [4.69, 9.17) is 0 Å². The van der Waals surface area contributed by atoms with Crippen LogP contribution < -0.4 is 5.43 Å². The van der Waals surface area contributed by atoms with Gasteiger partial charge in [0, 0.05) is 30.6 Å². The zero-order chi connectivity index (χ0) is 17.3. The minimum atomic E-state index is -4.42. The van der Waals surface area contributed by atoms with E-state index in [2.05, 4.69) is 12.2 Å². The molecular weight excluding hydrogens is 315 g/mol. The zero-order valence-electron chi connectivity index (χ0n) is 13.3. The van der Waals surface area contributed by atoms with Gasteiger partial charge >= 0.3 is 6.18 Å². The quantitative estimate of drug-likeness (QED) is 0.717. The third kappa shape index (κ3) is 3.30. The molecular formula is C19H18F3NO. The van der Waals surface area contributed by atoms with E-state index in [1.807, 2.05) is 0 Å². The van der Waals surface area contributed by atoms with E-state index in [0.29, 0.717) is 16.7 Å². The predicted octanol–water partition coefficient (Wildman–Crippen LogP) is 4.89. The molecule has 0 fully saturated rings. The summed E-state index contributed by atoms with van der Waals surface area (Å²) >= 11 is 0. The fourth-order valence-electron chi connectivity index (χ4n) is 3.17. The standard InChI is InChI=1S/C19H18F3NO/c1-23-11-16(13-6-3-2-4-7-13)18(24)17(12-23)14-8-5-9-15(10-14)19(20,21)22/h2-3,5,8-13H,4,6-7H2,1H3. The lowest BCUT2D eigenvalue weighted by atomic mass is 9.87. The lowest BCUT2D eigenvalue weighted by molar-refractivity contribution is -0.137. The van der Waals surface area contributed by atoms with Crippen LogP contribution >= 0.6 is 0 Å². The molecule has 0 aliphatic heterocycles. The maximum absolute atomic E-state index is 12.9. The zero-order valence-corrected chi connectivity index (χ0v) is 13.3. The SMILES string of the molecule is Cn1cc(-c2cccc(C(F)(F)F)c2)c(=O)c(C2CC=CCC2)c1. The Morgan fingerprint density at radius 2 is 1.96 bits per heavy atom. The molecule has 0 N–H and O–H groups in total. The molecule has 0 radical (unpaired) electrons. The summed E-state index contributed by atoms with van der Waals surface area (Å²) in [5, 5.41) is 0. The van der Waals surface area contributed by atoms with Crippen LogP contribution in [0.15, 0.2) is 53.6 Å². The minimum absolute atomic E-state index is 0.124. The molecule has 0 saturated heterocycles. The first-order valence-electron chi connectivity index (χ1n) is 7.89. The molecule has 1 aromatic heterocycles. The predicted molar refractivity (Wildman–Crippen MR) is 87.9 cm³/mol. The number of pyridine rings is 1. The van der Waals surface area contributed by atoms with Crippen LogP contribution in [0, 0.1) is 0 Å². The molecule has 0 spiro atoms. The number of hydrogen-bond acceptors (Lipinski definition) is 1. The first-order valence-corrected chi connectivity index (χ1v) is 7.89. The van der Waals surface area contributed by atoms with Crippen molar-refractivity contribution in [3.63, 3.8) is 0 Å². The Kier molecular flexibility index (Phi) is 4.35. The number of aromatic nitrogens is 1. The number of rotatable bonds is 2. The van der Waals surface area contributed by atoms with E-state index >= 15 is 0 Å². The van der Waals surface area contributed by atoms with Crippen LogP contribution in [0.2, 0.25) is 0 Å². The molecule has 1 aliphatic carbocycles. The fourth-order valence-corrected chi connectivity index (χ4v) is 3.17. The summed E-state index contributed by atoms with van der Waals surface area (Å²) in [6.07, 6.45) is 5.72. The number of benzene rings is 1. The summed E-state index contributed by atoms with van der Waals surface area (Å²) in [4.78, 5) is 12.9. The Balaban J connectivity index is 2.10. The van der Waals surface area contributed by atoms with E-state index in [9.17, 15) is 18.0 Å². The molecule has 1 atom stereocenters. The highest BCUT2D eigenvalue weighted by atomic mass is 19.4. The van der Waals surface area contributed by atoms with Gasteiger partial charge in [-0.25, -0.2) is 0 Å². The Labute approximate surface area is 138 Å². The number of hydrogen-bond donors (Lipinski definition) is 0. The summed E-state index contributed by atoms with van der Waals surface area (Å²) in [6.45, 7) is 0. The molecule has 1 heterocycles. The smallest absolute Gasteiger partial charge is 0.356 e. The molecule has 0 amide bonds. The van der Waals surface area contributed by atoms with Crippen LogP contribution in [-0.2, 0) is 13.2 Å². The van der Waals surface area contributed by atoms with E-state index in [-0.39, 0.29) is 11.3 Å². The van der Waals surface area contributed by atoms with Crippen LogP contribution in [0.1, 0.15) is 36.3 Å². The van der Waals surface area contributed by atoms with E-state index in [0.717, 1.165) is 31.4 Å². The van der Waals surface area contributed by atoms with E-state index < -0.39 is 11.7 Å². The summed E-state index contributed by atoms with van der Waals surface area (Å²) < 4.78 is 40.6. The molecule has 1 aromatic carbocycles. The molecule has 1 unspecified atom stereocenters. The third-order valence-electron chi connectivity index (χ3n) is 4.39. The lowest BCUT2D eigenvalue weighted by Gasteiger charge is -2.19. The van der Waals surface area contributed by atoms with Crippen molar-refractivity contribution in [3.8, 4) is 11.1 Å². The van der Waals surface area contributed by atoms with Crippen molar-refractivity contribution < 1.29 is 13.2 Å². The Hall–Kier alpha value is -2.30. The van der Waals surface area contributed by atoms with Crippen molar-refractivity contribution in [2.24, 2.45) is 7.05 Å². The van der Waals surface area contributed by atoms with Gasteiger partial charge in [-0.1, -0.05) is 24.3 Å². The van der Waals surface area contributed by atoms with Gasteiger partial charge in [-0.2, -0.15) is 13.2 Å². The Bertz CT molecular complexity index is 833. The van der Waals surface area contributed by atoms with Gasteiger partial charge in [-0.05, 0) is 42.9 Å². The van der Waals surface area contributed by atoms with Gasteiger partial charge in [0.25, 0.3) is 0 Å². The number of allylic oxidation sites excluding steroid dienone is 2. The highest BCUT2D eigenvalue weighted by Crippen LogP contribution is 2.32. The molecule has 2 nitrogen and oxygen atoms in total. The van der Waals surface area contributed by atoms with Crippen molar-refractivity contribution >= 4 is 0 Å². The highest BCUT2D eigenvalue weighted by molar-refractivity contribution is 5.64. The molecule has 5 heteroatoms. The van der Waals surface area contributed by atoms with Gasteiger partial charge in [-0.3, -0.25) is 4.79 Å². The van der Waals surface area contributed by atoms with Crippen molar-refractivity contribution in [2.45, 2.75) is 31.4 Å². The van der Waals surface area contributed by atoms with Gasteiger partial charge in [-0.15, -0.1) is 0 Å². The minimum Gasteiger partial charge on any atom is -0.356 e. The second kappa shape index (κ2) is 6.30. The summed E-state index contributed by atoms with van der Waals surface area (Å²) in [5.74, 6) is 0.124. The van der Waals surface area contributed by atoms with Crippen LogP contribution in [0.4, 0.5) is 13.2 Å². The molecule has 0 bridgehead atoms. The highest BCUT2D eigenvalue weighted by Gasteiger charge is 2.30. The van der Waals surface area contributed by atoms with Gasteiger partial charge in [0.1, 0.15) is 0 Å². The van der Waals surface area contributed by atoms with E-state index in [1.54, 1.807) is 30.1 Å². The molecule has 0 saturated carbocycles. The second-order valence-corrected chi connectivity index (χ2v) is 6.18. The fraction of sp³-hybridized carbons (Fsp3) is 0.316. The number of alkyl halides is 3. The van der Waals surface area contributed by atoms with Gasteiger partial charge in [0.05, 0.1) is 5.56 Å².